The number of rotatable bonds is 9. The lowest BCUT2D eigenvalue weighted by molar-refractivity contribution is -0.182. The van der Waals surface area contributed by atoms with Crippen LogP contribution in [-0.2, 0) is 67.0 Å². The van der Waals surface area contributed by atoms with Crippen LogP contribution >= 0.6 is 10.7 Å². The minimum Gasteiger partial charge on any atom is -0.481 e. The number of fused-ring (bicyclic) bond motifs is 17. The number of nitrogens with two attached hydrogens (primary N) is 2. The number of ketones is 6. The summed E-state index contributed by atoms with van der Waals surface area (Å²) in [7, 11) is -6.92. The van der Waals surface area contributed by atoms with Gasteiger partial charge in [-0.15, -0.1) is 0 Å². The van der Waals surface area contributed by atoms with Crippen molar-refractivity contribution >= 4 is 86.9 Å². The van der Waals surface area contributed by atoms with Crippen LogP contribution in [0.3, 0.4) is 0 Å². The zero-order valence-corrected chi connectivity index (χ0v) is 87.5. The molecule has 20 saturated carbocycles. The highest BCUT2D eigenvalue weighted by Gasteiger charge is 2.75. The molecule has 25 heteroatoms. The Morgan fingerprint density at radius 3 is 1.16 bits per heavy atom. The van der Waals surface area contributed by atoms with Crippen LogP contribution in [-0.4, -0.2) is 108 Å². The number of aliphatic hydroxyl groups is 1. The summed E-state index contributed by atoms with van der Waals surface area (Å²) in [6.07, 6.45) is 46.6. The fraction of sp³-hybridized carbons (Fsp3) is 0.873. The fourth-order valence-corrected chi connectivity index (χ4v) is 43.1. The Balaban J connectivity index is 0.000000121. The van der Waals surface area contributed by atoms with Crippen LogP contribution in [0, 0.1) is 179 Å². The van der Waals surface area contributed by atoms with Gasteiger partial charge in [-0.1, -0.05) is 161 Å². The van der Waals surface area contributed by atoms with Gasteiger partial charge in [-0.25, -0.2) is 10.3 Å². The van der Waals surface area contributed by atoms with E-state index < -0.39 is 41.2 Å². The predicted octanol–water partition coefficient (Wildman–Crippen LogP) is 22.5. The van der Waals surface area contributed by atoms with Crippen molar-refractivity contribution in [2.45, 2.75) is 407 Å². The van der Waals surface area contributed by atoms with Crippen molar-refractivity contribution in [3.05, 3.63) is 35.9 Å². The molecule has 0 aromatic heterocycles. The molecule has 32 atom stereocenters. The number of hydrogen-bond acceptors (Lipinski definition) is 17. The minimum atomic E-state index is -3.91. The van der Waals surface area contributed by atoms with Gasteiger partial charge in [-0.3, -0.25) is 41.9 Å². The Kier molecular flexibility index (Phi) is 26.4. The van der Waals surface area contributed by atoms with E-state index in [0.29, 0.717) is 117 Å². The van der Waals surface area contributed by atoms with E-state index in [1.807, 2.05) is 37.3 Å². The van der Waals surface area contributed by atoms with E-state index in [1.54, 1.807) is 0 Å². The number of aliphatic hydroxyl groups excluding tert-OH is 1. The van der Waals surface area contributed by atoms with Crippen LogP contribution in [0.4, 0.5) is 0 Å². The van der Waals surface area contributed by atoms with E-state index in [1.165, 1.54) is 51.4 Å². The number of hydrogen-bond donors (Lipinski definition) is 6. The number of halogens is 1. The zero-order valence-electron chi connectivity index (χ0n) is 84.3. The molecule has 0 radical (unpaired) electrons. The molecule has 21 aliphatic rings. The largest absolute Gasteiger partial charge is 0.481 e. The summed E-state index contributed by atoms with van der Waals surface area (Å²) in [5.41, 5.74) is 1.92. The normalized spacial score (nSPS) is 50.8. The molecule has 21 fully saturated rings. The van der Waals surface area contributed by atoms with Crippen molar-refractivity contribution in [2.75, 3.05) is 19.8 Å². The number of nitrogens with one attached hydrogen (secondary N) is 2. The lowest BCUT2D eigenvalue weighted by Crippen LogP contribution is -2.66. The summed E-state index contributed by atoms with van der Waals surface area (Å²) in [5.74, 6) is 7.20. The fourth-order valence-electron chi connectivity index (χ4n) is 41.4. The highest BCUT2D eigenvalue weighted by molar-refractivity contribution is 8.11. The summed E-state index contributed by atoms with van der Waals surface area (Å²) >= 11 is 0. The first-order valence-electron chi connectivity index (χ1n) is 52.8. The first-order valence-corrected chi connectivity index (χ1v) is 58.0. The molecule has 0 amide bonds. The third kappa shape index (κ3) is 16.5. The van der Waals surface area contributed by atoms with E-state index in [2.05, 4.69) is 124 Å². The number of aliphatic carboxylic acids is 1. The van der Waals surface area contributed by atoms with Crippen LogP contribution < -0.4 is 15.0 Å². The maximum Gasteiger partial charge on any atom is 0.336 e. The molecule has 20 aliphatic carbocycles. The Labute approximate surface area is 815 Å². The monoisotopic (exact) mass is 1950 g/mol. The number of carboxylic acids is 1. The Morgan fingerprint density at radius 2 is 0.778 bits per heavy atom. The molecule has 0 unspecified atom stereocenters. The Morgan fingerprint density at radius 1 is 0.452 bits per heavy atom. The van der Waals surface area contributed by atoms with E-state index in [4.69, 9.17) is 18.9 Å². The molecule has 135 heavy (non-hydrogen) atoms. The van der Waals surface area contributed by atoms with Gasteiger partial charge >= 0.3 is 26.6 Å². The van der Waals surface area contributed by atoms with Crippen LogP contribution in [0.1, 0.15) is 411 Å². The van der Waals surface area contributed by atoms with Gasteiger partial charge in [0.15, 0.2) is 0 Å². The van der Waals surface area contributed by atoms with Gasteiger partial charge in [0.05, 0.1) is 24.3 Å². The third-order valence-electron chi connectivity index (χ3n) is 47.4. The van der Waals surface area contributed by atoms with Gasteiger partial charge in [0, 0.05) is 99.4 Å². The first-order chi connectivity index (χ1) is 62.0. The molecule has 1 aliphatic heterocycles. The van der Waals surface area contributed by atoms with Crippen molar-refractivity contribution < 1.29 is 77.4 Å². The molecule has 10 bridgehead atoms. The molecule has 1 aromatic carbocycles. The maximum atomic E-state index is 13.2. The number of carbonyl (C=O) groups is 7. The summed E-state index contributed by atoms with van der Waals surface area (Å²) < 4.78 is 78.1. The highest BCUT2D eigenvalue weighted by atomic mass is 35.7. The molecule has 22 rings (SSSR count). The molecule has 1 aromatic rings. The van der Waals surface area contributed by atoms with E-state index in [-0.39, 0.29) is 130 Å². The van der Waals surface area contributed by atoms with E-state index >= 15 is 0 Å². The van der Waals surface area contributed by atoms with Crippen LogP contribution in [0.25, 0.3) is 0 Å². The van der Waals surface area contributed by atoms with Crippen molar-refractivity contribution in [3.8, 4) is 0 Å². The molecule has 1 saturated heterocycles. The van der Waals surface area contributed by atoms with Gasteiger partial charge in [-0.05, 0) is 368 Å². The number of carboxylic acid groups (broad SMARTS) is 1. The van der Waals surface area contributed by atoms with Crippen molar-refractivity contribution in [2.24, 2.45) is 184 Å². The topological polar surface area (TPSA) is 369 Å². The molecule has 5 spiro atoms. The molecular weight excluding hydrogens is 1780 g/mol. The summed E-state index contributed by atoms with van der Waals surface area (Å²) in [6.45, 7) is 37.4. The second-order valence-electron chi connectivity index (χ2n) is 54.4. The lowest BCUT2D eigenvalue weighted by Gasteiger charge is -2.66. The van der Waals surface area contributed by atoms with Gasteiger partial charge in [0.1, 0.15) is 28.9 Å². The van der Waals surface area contributed by atoms with Gasteiger partial charge in [0.25, 0.3) is 9.24 Å². The Bertz CT molecular complexity index is 5260. The zero-order chi connectivity index (χ0) is 97.5. The number of benzene rings is 1. The number of Topliss-reactive ketones (excluding diaryl/α,β-unsaturated/α-hetero) is 6. The molecule has 758 valence electrons. The molecule has 1 heterocycles. The maximum absolute atomic E-state index is 13.2. The minimum absolute atomic E-state index is 0. The van der Waals surface area contributed by atoms with Gasteiger partial charge in [0.2, 0.25) is 5.78 Å². The van der Waals surface area contributed by atoms with Gasteiger partial charge in [-0.2, -0.15) is 30.0 Å². The average Bonchev–Trinajstić information content (AvgIpc) is 1.65. The summed E-state index contributed by atoms with van der Waals surface area (Å²) in [5, 5.41) is 38.1. The summed E-state index contributed by atoms with van der Waals surface area (Å²) in [4.78, 5) is 89.0. The number of carbonyl (C=O) groups excluding carboxylic acids is 6. The SMILES string of the molecule is C.CC[C@@]1(C)[C@H]2CC[C@@]34CC(=O)[C@@](C)(CC[C@H]3[C@]2(C)CC[C@H]1C(=N)C(=O)c1ccccc1)C4.C[C@@]12CC[C@@H]3[C@@](CC[C@@H]4[C@](C)(CO)CCC[C@]43C)(CC1=O)C2.C[C@@]12CC[C@@H]3[C@@](CC[C@@H]4[C@](C)(COS(N)(=O)=O)CCC[C@]43C)(CC1=O)C2.C[C@@]12CC[C@@H]3[C@@](CC[C@@H]4[C@]5(C)COS(=O)(=O)N[C@@H]5CC[C@]43C)(CC1=O)C2.C[C@@]12CC[C@@H]3[C@@](CC[C@H]4[C@@]3(C)CCC[C@@]4(C)C(=O)O)(CC1=O)C2.NS(=O)(=O)Cl. The summed E-state index contributed by atoms with van der Waals surface area (Å²) in [6, 6.07) is 9.35. The highest BCUT2D eigenvalue weighted by Crippen LogP contribution is 2.80. The first kappa shape index (κ1) is 104. The van der Waals surface area contributed by atoms with E-state index in [9.17, 15) is 69.0 Å². The molecule has 21 nitrogen and oxygen atoms in total. The quantitative estimate of drug-likeness (QED) is 0.0760. The van der Waals surface area contributed by atoms with Crippen molar-refractivity contribution in [1.29, 1.82) is 5.41 Å². The van der Waals surface area contributed by atoms with E-state index in [0.717, 1.165) is 231 Å². The second-order valence-corrected chi connectivity index (χ2v) is 59.3. The third-order valence-corrected chi connectivity index (χ3v) is 48.8. The smallest absolute Gasteiger partial charge is 0.336 e. The van der Waals surface area contributed by atoms with Crippen molar-refractivity contribution in [3.63, 3.8) is 0 Å². The van der Waals surface area contributed by atoms with Crippen LogP contribution in [0.15, 0.2) is 30.3 Å². The molecular formula is C110H171ClN4O17S3. The second kappa shape index (κ2) is 34.2. The lowest BCUT2D eigenvalue weighted by atomic mass is 9.38. The van der Waals surface area contributed by atoms with Gasteiger partial charge < -0.3 is 15.6 Å². The van der Waals surface area contributed by atoms with Crippen molar-refractivity contribution in [1.82, 2.24) is 4.72 Å². The van der Waals surface area contributed by atoms with Crippen LogP contribution in [0.5, 0.6) is 0 Å². The van der Waals surface area contributed by atoms with Crippen LogP contribution in [0.2, 0.25) is 0 Å². The predicted molar refractivity (Wildman–Crippen MR) is 526 cm³/mol. The Hall–Kier alpha value is -3.72. The molecule has 8 N–H and O–H groups in total. The standard InChI is InChI=1S/C29H39NO2.C20H31NO4S.C20H33NO4S.C20H30O3.C20H32O2.CH4.ClH2NO2S/c1-5-27(3)20(24(30)25(32)19-9-7-6-8-10-19)11-15-28(4)21(27)13-16-29-17-23(31)26(2,18-29)14-12-22(28)29;1-17-7-4-14-18(2)8-6-15-19(3,12-25-26(23,24)21-15)13(18)5-9-20(14,11-17)10-16(17)22;1-17-9-5-15-19(3)8-4-7-18(2,13-25-26(21,23)24)14(19)6-10-20(15,12-17)11-16(17)22;1-17-9-5-14-18(2)7-4-8-19(3,16(22)23)13(18)6-10-20(14,12-17)11-15(17)21;1-17-9-5-15-19(3)8-4-7-18(2,13-21)14(19)6-10-20(15,12-17)11-16(17)22;;1-5(2,3)4/h6-10,20-22,30H,5,11-18H2,1-4H3;13-15,21H,4-12H2,1-3H3;14-15H,4-13H2,1-3H3,(H2,21,23,24);13-14H,4-12H2,1-3H3,(H,22,23);14-15,21H,4-13H2,1-3H3;1H4;(H2,2,3,4)/t20-,21+,22-,26-,27+,28+,29-;13-,14-,15+,17-,18+,19-,20-;14-,15+,17+,18+,19-,20+;13-,14-,17-,18+,19+,20-;14-,15+,17+,18+,19-,20+;;/m00101../s1. The average molecular weight is 1950 g/mol.